The van der Waals surface area contributed by atoms with E-state index in [2.05, 4.69) is 31.9 Å². The maximum absolute atomic E-state index is 11.6. The van der Waals surface area contributed by atoms with Crippen molar-refractivity contribution in [2.24, 2.45) is 0 Å². The predicted octanol–water partition coefficient (Wildman–Crippen LogP) is 3.53. The first-order valence-electron chi connectivity index (χ1n) is 5.42. The smallest absolute Gasteiger partial charge is 0.345 e. The number of hydrogen-bond donors (Lipinski definition) is 2. The van der Waals surface area contributed by atoms with Gasteiger partial charge in [-0.15, -0.1) is 0 Å². The highest BCUT2D eigenvalue weighted by molar-refractivity contribution is 9.11. The van der Waals surface area contributed by atoms with Crippen LogP contribution >= 0.6 is 31.9 Å². The maximum atomic E-state index is 11.6. The van der Waals surface area contributed by atoms with Crippen molar-refractivity contribution in [1.82, 2.24) is 0 Å². The van der Waals surface area contributed by atoms with E-state index in [0.717, 1.165) is 0 Å². The van der Waals surface area contributed by atoms with Gasteiger partial charge in [0.1, 0.15) is 0 Å². The summed E-state index contributed by atoms with van der Waals surface area (Å²) in [6.07, 6.45) is 0. The molecular formula is C14H10Br2O3. The summed E-state index contributed by atoms with van der Waals surface area (Å²) in [6, 6.07) is 13.3. The average Bonchev–Trinajstić information content (AvgIpc) is 2.37. The number of hydrogen-bond acceptors (Lipinski definition) is 2. The summed E-state index contributed by atoms with van der Waals surface area (Å²) in [4.78, 5) is 11.6. The molecule has 2 N–H and O–H groups in total. The molecule has 0 saturated carbocycles. The fraction of sp³-hybridized carbons (Fsp3) is 0.0714. The first-order valence-corrected chi connectivity index (χ1v) is 7.01. The average molecular weight is 386 g/mol. The van der Waals surface area contributed by atoms with Gasteiger partial charge in [-0.1, -0.05) is 62.2 Å². The summed E-state index contributed by atoms with van der Waals surface area (Å²) in [5.74, 6) is -1.32. The normalized spacial score (nSPS) is 13.8. The Morgan fingerprint density at radius 1 is 0.947 bits per heavy atom. The van der Waals surface area contributed by atoms with Gasteiger partial charge in [0.05, 0.1) is 0 Å². The molecule has 0 bridgehead atoms. The van der Waals surface area contributed by atoms with Gasteiger partial charge in [0.15, 0.2) is 0 Å². The Bertz CT molecular complexity index is 593. The lowest BCUT2D eigenvalue weighted by Gasteiger charge is -2.25. The molecule has 1 atom stereocenters. The third-order valence-corrected chi connectivity index (χ3v) is 3.70. The molecule has 0 spiro atoms. The second-order valence-corrected chi connectivity index (χ2v) is 5.87. The van der Waals surface area contributed by atoms with Gasteiger partial charge < -0.3 is 10.2 Å². The zero-order valence-electron chi connectivity index (χ0n) is 9.68. The molecule has 2 aromatic rings. The molecule has 0 radical (unpaired) electrons. The Morgan fingerprint density at radius 2 is 1.47 bits per heavy atom. The van der Waals surface area contributed by atoms with E-state index >= 15 is 0 Å². The van der Waals surface area contributed by atoms with E-state index < -0.39 is 11.6 Å². The largest absolute Gasteiger partial charge is 0.479 e. The highest BCUT2D eigenvalue weighted by atomic mass is 79.9. The minimum atomic E-state index is -2.08. The summed E-state index contributed by atoms with van der Waals surface area (Å²) in [5.41, 5.74) is -1.48. The third-order valence-electron chi connectivity index (χ3n) is 2.78. The number of aliphatic hydroxyl groups is 1. The molecule has 2 aromatic carbocycles. The number of carbonyl (C=O) groups is 1. The van der Waals surface area contributed by atoms with E-state index in [4.69, 9.17) is 0 Å². The topological polar surface area (TPSA) is 57.5 Å². The number of carboxylic acid groups (broad SMARTS) is 1. The molecule has 0 saturated heterocycles. The molecule has 3 nitrogen and oxygen atoms in total. The zero-order valence-corrected chi connectivity index (χ0v) is 12.8. The van der Waals surface area contributed by atoms with Crippen LogP contribution in [0.25, 0.3) is 0 Å². The lowest BCUT2D eigenvalue weighted by molar-refractivity contribution is -0.155. The van der Waals surface area contributed by atoms with Crippen LogP contribution in [0.15, 0.2) is 57.5 Å². The molecule has 5 heteroatoms. The molecule has 0 fully saturated rings. The van der Waals surface area contributed by atoms with Crippen LogP contribution in [0.3, 0.4) is 0 Å². The molecule has 98 valence electrons. The second-order valence-electron chi connectivity index (χ2n) is 4.04. The van der Waals surface area contributed by atoms with Crippen LogP contribution in [0.1, 0.15) is 11.1 Å². The van der Waals surface area contributed by atoms with Gasteiger partial charge in [-0.05, 0) is 23.8 Å². The zero-order chi connectivity index (χ0) is 14.0. The molecule has 0 aliphatic carbocycles. The van der Waals surface area contributed by atoms with Gasteiger partial charge in [0.25, 0.3) is 0 Å². The Kier molecular flexibility index (Phi) is 4.08. The van der Waals surface area contributed by atoms with Gasteiger partial charge >= 0.3 is 5.97 Å². The molecule has 0 amide bonds. The minimum absolute atomic E-state index is 0.285. The van der Waals surface area contributed by atoms with Crippen LogP contribution < -0.4 is 0 Å². The van der Waals surface area contributed by atoms with Crippen LogP contribution in [0.5, 0.6) is 0 Å². The third kappa shape index (κ3) is 2.73. The van der Waals surface area contributed by atoms with Crippen molar-refractivity contribution in [3.8, 4) is 0 Å². The Labute approximate surface area is 127 Å². The number of aliphatic carboxylic acids is 1. The van der Waals surface area contributed by atoms with E-state index in [1.54, 1.807) is 48.5 Å². The Morgan fingerprint density at radius 3 is 1.95 bits per heavy atom. The van der Waals surface area contributed by atoms with Crippen LogP contribution in [0.4, 0.5) is 0 Å². The minimum Gasteiger partial charge on any atom is -0.479 e. The standard InChI is InChI=1S/C14H10Br2O3/c15-11-6-10(7-12(16)8-11)14(19,13(17)18)9-4-2-1-3-5-9/h1-8,19H,(H,17,18). The molecule has 0 aliphatic heterocycles. The molecule has 19 heavy (non-hydrogen) atoms. The van der Waals surface area contributed by atoms with Gasteiger partial charge in [0.2, 0.25) is 5.60 Å². The van der Waals surface area contributed by atoms with E-state index in [-0.39, 0.29) is 5.56 Å². The first kappa shape index (κ1) is 14.2. The Balaban J connectivity index is 2.67. The van der Waals surface area contributed by atoms with E-state index in [0.29, 0.717) is 14.5 Å². The second kappa shape index (κ2) is 5.45. The van der Waals surface area contributed by atoms with E-state index in [1.165, 1.54) is 0 Å². The summed E-state index contributed by atoms with van der Waals surface area (Å²) in [6.45, 7) is 0. The lowest BCUT2D eigenvalue weighted by Crippen LogP contribution is -2.36. The summed E-state index contributed by atoms with van der Waals surface area (Å²) >= 11 is 6.59. The van der Waals surface area contributed by atoms with Crippen molar-refractivity contribution in [3.63, 3.8) is 0 Å². The molecular weight excluding hydrogens is 376 g/mol. The van der Waals surface area contributed by atoms with E-state index in [1.807, 2.05) is 0 Å². The van der Waals surface area contributed by atoms with Crippen LogP contribution in [0.2, 0.25) is 0 Å². The van der Waals surface area contributed by atoms with Crippen molar-refractivity contribution in [2.75, 3.05) is 0 Å². The molecule has 0 aliphatic rings. The fourth-order valence-electron chi connectivity index (χ4n) is 1.86. The van der Waals surface area contributed by atoms with Crippen LogP contribution in [0, 0.1) is 0 Å². The number of halogens is 2. The molecule has 1 unspecified atom stereocenters. The SMILES string of the molecule is O=C(O)C(O)(c1ccccc1)c1cc(Br)cc(Br)c1. The number of benzene rings is 2. The van der Waals surface area contributed by atoms with Crippen LogP contribution in [-0.2, 0) is 10.4 Å². The lowest BCUT2D eigenvalue weighted by atomic mass is 9.86. The highest BCUT2D eigenvalue weighted by Gasteiger charge is 2.40. The number of carboxylic acids is 1. The summed E-state index contributed by atoms with van der Waals surface area (Å²) in [7, 11) is 0. The highest BCUT2D eigenvalue weighted by Crippen LogP contribution is 2.33. The summed E-state index contributed by atoms with van der Waals surface area (Å²) in [5, 5.41) is 20.1. The van der Waals surface area contributed by atoms with Gasteiger partial charge in [0, 0.05) is 14.5 Å². The van der Waals surface area contributed by atoms with Crippen LogP contribution in [-0.4, -0.2) is 16.2 Å². The maximum Gasteiger partial charge on any atom is 0.345 e. The number of rotatable bonds is 3. The first-order chi connectivity index (χ1) is 8.94. The van der Waals surface area contributed by atoms with Crippen molar-refractivity contribution < 1.29 is 15.0 Å². The van der Waals surface area contributed by atoms with Crippen molar-refractivity contribution in [1.29, 1.82) is 0 Å². The van der Waals surface area contributed by atoms with Gasteiger partial charge in [-0.25, -0.2) is 4.79 Å². The molecule has 2 rings (SSSR count). The molecule has 0 heterocycles. The van der Waals surface area contributed by atoms with E-state index in [9.17, 15) is 15.0 Å². The predicted molar refractivity (Wildman–Crippen MR) is 78.9 cm³/mol. The van der Waals surface area contributed by atoms with Gasteiger partial charge in [-0.3, -0.25) is 0 Å². The Hall–Kier alpha value is -1.17. The van der Waals surface area contributed by atoms with Crippen molar-refractivity contribution in [2.45, 2.75) is 5.60 Å². The van der Waals surface area contributed by atoms with Crippen molar-refractivity contribution >= 4 is 37.8 Å². The van der Waals surface area contributed by atoms with Gasteiger partial charge in [-0.2, -0.15) is 0 Å². The summed E-state index contributed by atoms with van der Waals surface area (Å²) < 4.78 is 1.37. The fourth-order valence-corrected chi connectivity index (χ4v) is 3.15. The monoisotopic (exact) mass is 384 g/mol. The quantitative estimate of drug-likeness (QED) is 0.849. The molecule has 0 aromatic heterocycles. The van der Waals surface area contributed by atoms with Crippen molar-refractivity contribution in [3.05, 3.63) is 68.6 Å².